The normalized spacial score (nSPS) is 9.00. The van der Waals surface area contributed by atoms with Gasteiger partial charge in [-0.1, -0.05) is 18.2 Å². The summed E-state index contributed by atoms with van der Waals surface area (Å²) in [6, 6.07) is 8.93. The SMILES string of the molecule is CCOC(=O)NOc1ccccc1. The molecule has 0 spiro atoms. The number of hydrogen-bond acceptors (Lipinski definition) is 3. The number of amides is 1. The van der Waals surface area contributed by atoms with E-state index in [1.165, 1.54) is 0 Å². The van der Waals surface area contributed by atoms with Crippen molar-refractivity contribution < 1.29 is 14.4 Å². The topological polar surface area (TPSA) is 47.6 Å². The van der Waals surface area contributed by atoms with Crippen molar-refractivity contribution in [1.29, 1.82) is 0 Å². The van der Waals surface area contributed by atoms with Crippen LogP contribution in [0, 0.1) is 0 Å². The third-order valence-electron chi connectivity index (χ3n) is 1.27. The number of para-hydroxylation sites is 1. The van der Waals surface area contributed by atoms with Crippen LogP contribution in [0.15, 0.2) is 30.3 Å². The maximum atomic E-state index is 10.8. The minimum Gasteiger partial charge on any atom is -0.448 e. The largest absolute Gasteiger partial charge is 0.448 e. The highest BCUT2D eigenvalue weighted by Crippen LogP contribution is 2.06. The Morgan fingerprint density at radius 3 is 2.69 bits per heavy atom. The molecule has 0 aliphatic carbocycles. The first-order valence-electron chi connectivity index (χ1n) is 3.97. The molecule has 0 aliphatic heterocycles. The Kier molecular flexibility index (Phi) is 3.63. The molecule has 0 aliphatic rings. The van der Waals surface area contributed by atoms with Crippen LogP contribution >= 0.6 is 0 Å². The molecule has 0 bridgehead atoms. The van der Waals surface area contributed by atoms with Crippen molar-refractivity contribution in [1.82, 2.24) is 5.48 Å². The van der Waals surface area contributed by atoms with Gasteiger partial charge in [-0.3, -0.25) is 0 Å². The fourth-order valence-corrected chi connectivity index (χ4v) is 0.750. The molecular formula is C9H11NO3. The van der Waals surface area contributed by atoms with Crippen LogP contribution in [0.4, 0.5) is 4.79 Å². The van der Waals surface area contributed by atoms with Gasteiger partial charge in [-0.05, 0) is 19.1 Å². The minimum absolute atomic E-state index is 0.323. The van der Waals surface area contributed by atoms with Crippen molar-refractivity contribution in [2.45, 2.75) is 6.92 Å². The quantitative estimate of drug-likeness (QED) is 0.722. The average Bonchev–Trinajstić information content (AvgIpc) is 2.17. The van der Waals surface area contributed by atoms with Gasteiger partial charge in [-0.15, -0.1) is 0 Å². The molecule has 1 aromatic rings. The molecule has 0 unspecified atom stereocenters. The standard InChI is InChI=1S/C9H11NO3/c1-2-12-9(11)10-13-8-6-4-3-5-7-8/h3-7H,2H2,1H3,(H,10,11). The molecular weight excluding hydrogens is 170 g/mol. The van der Waals surface area contributed by atoms with E-state index >= 15 is 0 Å². The summed E-state index contributed by atoms with van der Waals surface area (Å²) in [5.41, 5.74) is 2.14. The van der Waals surface area contributed by atoms with Crippen LogP contribution in [0.2, 0.25) is 0 Å². The minimum atomic E-state index is -0.591. The van der Waals surface area contributed by atoms with E-state index in [0.717, 1.165) is 0 Å². The van der Waals surface area contributed by atoms with Gasteiger partial charge in [0.1, 0.15) is 0 Å². The second-order valence-corrected chi connectivity index (χ2v) is 2.24. The number of hydroxylamine groups is 1. The third kappa shape index (κ3) is 3.46. The highest BCUT2D eigenvalue weighted by molar-refractivity contribution is 5.66. The van der Waals surface area contributed by atoms with Crippen LogP contribution in [-0.4, -0.2) is 12.7 Å². The number of carbonyl (C=O) groups excluding carboxylic acids is 1. The monoisotopic (exact) mass is 181 g/mol. The summed E-state index contributed by atoms with van der Waals surface area (Å²) < 4.78 is 4.59. The second-order valence-electron chi connectivity index (χ2n) is 2.24. The molecule has 0 fully saturated rings. The van der Waals surface area contributed by atoms with Crippen molar-refractivity contribution in [2.75, 3.05) is 6.61 Å². The number of benzene rings is 1. The number of rotatable bonds is 3. The molecule has 0 heterocycles. The summed E-state index contributed by atoms with van der Waals surface area (Å²) in [5, 5.41) is 0. The number of ether oxygens (including phenoxy) is 1. The van der Waals surface area contributed by atoms with E-state index in [1.54, 1.807) is 19.1 Å². The summed E-state index contributed by atoms with van der Waals surface area (Å²) in [5.74, 6) is 0.565. The smallest absolute Gasteiger partial charge is 0.440 e. The molecule has 0 saturated carbocycles. The van der Waals surface area contributed by atoms with Gasteiger partial charge in [-0.2, -0.15) is 5.48 Å². The van der Waals surface area contributed by atoms with E-state index in [-0.39, 0.29) is 0 Å². The average molecular weight is 181 g/mol. The molecule has 0 aromatic heterocycles. The lowest BCUT2D eigenvalue weighted by Gasteiger charge is -2.05. The Morgan fingerprint density at radius 2 is 2.08 bits per heavy atom. The first-order chi connectivity index (χ1) is 6.33. The lowest BCUT2D eigenvalue weighted by molar-refractivity contribution is 0.104. The first kappa shape index (κ1) is 9.38. The summed E-state index contributed by atoms with van der Waals surface area (Å²) in [7, 11) is 0. The van der Waals surface area contributed by atoms with Crippen LogP contribution in [0.3, 0.4) is 0 Å². The maximum absolute atomic E-state index is 10.8. The van der Waals surface area contributed by atoms with Crippen molar-refractivity contribution in [3.63, 3.8) is 0 Å². The Hall–Kier alpha value is -1.71. The summed E-state index contributed by atoms with van der Waals surface area (Å²) in [4.78, 5) is 15.7. The highest BCUT2D eigenvalue weighted by Gasteiger charge is 1.99. The van der Waals surface area contributed by atoms with Gasteiger partial charge in [0, 0.05) is 0 Å². The van der Waals surface area contributed by atoms with Crippen molar-refractivity contribution in [2.24, 2.45) is 0 Å². The lowest BCUT2D eigenvalue weighted by Crippen LogP contribution is -2.27. The first-order valence-corrected chi connectivity index (χ1v) is 3.97. The van der Waals surface area contributed by atoms with E-state index in [9.17, 15) is 4.79 Å². The fraction of sp³-hybridized carbons (Fsp3) is 0.222. The van der Waals surface area contributed by atoms with Crippen molar-refractivity contribution >= 4 is 6.09 Å². The fourth-order valence-electron chi connectivity index (χ4n) is 0.750. The van der Waals surface area contributed by atoms with E-state index in [1.807, 2.05) is 18.2 Å². The zero-order valence-corrected chi connectivity index (χ0v) is 7.32. The van der Waals surface area contributed by atoms with Crippen molar-refractivity contribution in [3.05, 3.63) is 30.3 Å². The predicted molar refractivity (Wildman–Crippen MR) is 47.2 cm³/mol. The molecule has 1 N–H and O–H groups in total. The van der Waals surface area contributed by atoms with E-state index in [2.05, 4.69) is 10.2 Å². The molecule has 70 valence electrons. The lowest BCUT2D eigenvalue weighted by atomic mass is 10.3. The van der Waals surface area contributed by atoms with Gasteiger partial charge in [0.2, 0.25) is 0 Å². The molecule has 13 heavy (non-hydrogen) atoms. The maximum Gasteiger partial charge on any atom is 0.440 e. The predicted octanol–water partition coefficient (Wildman–Crippen LogP) is 1.73. The summed E-state index contributed by atoms with van der Waals surface area (Å²) in [6.45, 7) is 2.05. The summed E-state index contributed by atoms with van der Waals surface area (Å²) in [6.07, 6.45) is -0.591. The van der Waals surface area contributed by atoms with E-state index < -0.39 is 6.09 Å². The van der Waals surface area contributed by atoms with E-state index in [0.29, 0.717) is 12.4 Å². The second kappa shape index (κ2) is 5.03. The summed E-state index contributed by atoms with van der Waals surface area (Å²) >= 11 is 0. The van der Waals surface area contributed by atoms with Crippen LogP contribution in [0.25, 0.3) is 0 Å². The molecule has 0 radical (unpaired) electrons. The molecule has 4 heteroatoms. The Balaban J connectivity index is 2.31. The molecule has 1 rings (SSSR count). The molecule has 4 nitrogen and oxygen atoms in total. The number of hydrogen-bond donors (Lipinski definition) is 1. The zero-order valence-electron chi connectivity index (χ0n) is 7.32. The Bertz CT molecular complexity index is 261. The Labute approximate surface area is 76.4 Å². The molecule has 1 amide bonds. The van der Waals surface area contributed by atoms with Gasteiger partial charge in [0.25, 0.3) is 0 Å². The number of carbonyl (C=O) groups is 1. The van der Waals surface area contributed by atoms with E-state index in [4.69, 9.17) is 4.84 Å². The molecule has 1 aromatic carbocycles. The highest BCUT2D eigenvalue weighted by atomic mass is 16.7. The van der Waals surface area contributed by atoms with Crippen LogP contribution in [0.1, 0.15) is 6.92 Å². The molecule has 0 saturated heterocycles. The molecule has 0 atom stereocenters. The van der Waals surface area contributed by atoms with Crippen LogP contribution < -0.4 is 10.3 Å². The van der Waals surface area contributed by atoms with Gasteiger partial charge in [-0.25, -0.2) is 4.79 Å². The van der Waals surface area contributed by atoms with Gasteiger partial charge < -0.3 is 9.57 Å². The zero-order chi connectivity index (χ0) is 9.52. The van der Waals surface area contributed by atoms with Crippen LogP contribution in [-0.2, 0) is 4.74 Å². The van der Waals surface area contributed by atoms with Gasteiger partial charge in [0.05, 0.1) is 6.61 Å². The third-order valence-corrected chi connectivity index (χ3v) is 1.27. The van der Waals surface area contributed by atoms with Gasteiger partial charge in [0.15, 0.2) is 5.75 Å². The van der Waals surface area contributed by atoms with Crippen molar-refractivity contribution in [3.8, 4) is 5.75 Å². The Morgan fingerprint density at radius 1 is 1.38 bits per heavy atom. The van der Waals surface area contributed by atoms with Crippen LogP contribution in [0.5, 0.6) is 5.75 Å². The number of nitrogens with one attached hydrogen (secondary N) is 1. The van der Waals surface area contributed by atoms with Gasteiger partial charge >= 0.3 is 6.09 Å².